The van der Waals surface area contributed by atoms with Gasteiger partial charge >= 0.3 is 0 Å². The zero-order valence-electron chi connectivity index (χ0n) is 12.7. The summed E-state index contributed by atoms with van der Waals surface area (Å²) in [4.78, 5) is 16.4. The third-order valence-electron chi connectivity index (χ3n) is 2.99. The Kier molecular flexibility index (Phi) is 8.68. The summed E-state index contributed by atoms with van der Waals surface area (Å²) in [6.45, 7) is 2.72. The molecule has 1 aromatic carbocycles. The largest absolute Gasteiger partial charge is 0.384 e. The molecule has 0 aliphatic carbocycles. The van der Waals surface area contributed by atoms with E-state index in [-0.39, 0.29) is 12.5 Å². The van der Waals surface area contributed by atoms with Crippen molar-refractivity contribution in [1.29, 1.82) is 0 Å². The van der Waals surface area contributed by atoms with E-state index in [2.05, 4.69) is 17.4 Å². The lowest BCUT2D eigenvalue weighted by molar-refractivity contribution is -0.125. The summed E-state index contributed by atoms with van der Waals surface area (Å²) in [6, 6.07) is 10.0. The van der Waals surface area contributed by atoms with Crippen molar-refractivity contribution in [3.8, 4) is 0 Å². The molecule has 0 heterocycles. The molecule has 0 saturated heterocycles. The lowest BCUT2D eigenvalue weighted by Crippen LogP contribution is -2.28. The summed E-state index contributed by atoms with van der Waals surface area (Å²) in [7, 11) is 0. The molecule has 0 radical (unpaired) electrons. The summed E-state index contributed by atoms with van der Waals surface area (Å²) >= 11 is 0. The molecule has 0 aromatic heterocycles. The van der Waals surface area contributed by atoms with Gasteiger partial charge in [0.1, 0.15) is 5.84 Å². The van der Waals surface area contributed by atoms with Crippen molar-refractivity contribution in [2.45, 2.75) is 39.0 Å². The fourth-order valence-corrected chi connectivity index (χ4v) is 1.79. The first-order valence-corrected chi connectivity index (χ1v) is 7.47. The normalized spacial score (nSPS) is 11.2. The van der Waals surface area contributed by atoms with E-state index in [1.54, 1.807) is 0 Å². The molecule has 0 aliphatic heterocycles. The van der Waals surface area contributed by atoms with E-state index in [0.29, 0.717) is 18.8 Å². The molecule has 5 heteroatoms. The SMILES string of the molecule is CCCCCNC(=O)CO/N=C(\N)CCc1ccccc1. The minimum Gasteiger partial charge on any atom is -0.384 e. The lowest BCUT2D eigenvalue weighted by atomic mass is 10.1. The number of unbranched alkanes of at least 4 members (excludes halogenated alkanes) is 2. The average Bonchev–Trinajstić information content (AvgIpc) is 2.50. The highest BCUT2D eigenvalue weighted by molar-refractivity contribution is 5.80. The molecular weight excluding hydrogens is 266 g/mol. The van der Waals surface area contributed by atoms with Crippen molar-refractivity contribution < 1.29 is 9.63 Å². The first kappa shape index (κ1) is 17.0. The van der Waals surface area contributed by atoms with Crippen LogP contribution in [0.15, 0.2) is 35.5 Å². The van der Waals surface area contributed by atoms with E-state index in [9.17, 15) is 4.79 Å². The number of carbonyl (C=O) groups is 1. The van der Waals surface area contributed by atoms with Crippen LogP contribution < -0.4 is 11.1 Å². The van der Waals surface area contributed by atoms with Crippen LogP contribution in [0, 0.1) is 0 Å². The zero-order valence-corrected chi connectivity index (χ0v) is 12.7. The van der Waals surface area contributed by atoms with Crippen LogP contribution in [0.3, 0.4) is 0 Å². The Labute approximate surface area is 126 Å². The molecule has 1 amide bonds. The predicted molar refractivity (Wildman–Crippen MR) is 84.9 cm³/mol. The minimum absolute atomic E-state index is 0.0852. The van der Waals surface area contributed by atoms with Gasteiger partial charge in [0.05, 0.1) is 0 Å². The first-order valence-electron chi connectivity index (χ1n) is 7.47. The molecule has 0 spiro atoms. The summed E-state index contributed by atoms with van der Waals surface area (Å²) < 4.78 is 0. The van der Waals surface area contributed by atoms with Crippen LogP contribution in [0.4, 0.5) is 0 Å². The highest BCUT2D eigenvalue weighted by Crippen LogP contribution is 2.02. The summed E-state index contributed by atoms with van der Waals surface area (Å²) in [5.74, 6) is 0.239. The highest BCUT2D eigenvalue weighted by atomic mass is 16.6. The van der Waals surface area contributed by atoms with Gasteiger partial charge in [0.25, 0.3) is 5.91 Å². The molecule has 116 valence electrons. The number of hydrogen-bond donors (Lipinski definition) is 2. The number of oxime groups is 1. The number of amides is 1. The van der Waals surface area contributed by atoms with E-state index >= 15 is 0 Å². The fourth-order valence-electron chi connectivity index (χ4n) is 1.79. The second-order valence-electron chi connectivity index (χ2n) is 4.90. The maximum absolute atomic E-state index is 11.4. The van der Waals surface area contributed by atoms with E-state index in [4.69, 9.17) is 10.6 Å². The summed E-state index contributed by atoms with van der Waals surface area (Å²) in [5, 5.41) is 6.53. The van der Waals surface area contributed by atoms with Crippen LogP contribution in [0.25, 0.3) is 0 Å². The number of hydrogen-bond acceptors (Lipinski definition) is 3. The fraction of sp³-hybridized carbons (Fsp3) is 0.500. The molecule has 0 unspecified atom stereocenters. The Morgan fingerprint density at radius 1 is 1.29 bits per heavy atom. The van der Waals surface area contributed by atoms with Crippen molar-refractivity contribution in [1.82, 2.24) is 5.32 Å². The topological polar surface area (TPSA) is 76.7 Å². The number of nitrogens with one attached hydrogen (secondary N) is 1. The van der Waals surface area contributed by atoms with Crippen molar-refractivity contribution in [2.75, 3.05) is 13.2 Å². The van der Waals surface area contributed by atoms with Crippen LogP contribution in [-0.2, 0) is 16.1 Å². The zero-order chi connectivity index (χ0) is 15.3. The Morgan fingerprint density at radius 2 is 2.05 bits per heavy atom. The van der Waals surface area contributed by atoms with Gasteiger partial charge in [-0.3, -0.25) is 4.79 Å². The molecule has 3 N–H and O–H groups in total. The van der Waals surface area contributed by atoms with Crippen molar-refractivity contribution in [2.24, 2.45) is 10.9 Å². The number of aryl methyl sites for hydroxylation is 1. The molecule has 0 aliphatic rings. The van der Waals surface area contributed by atoms with E-state index in [1.807, 2.05) is 30.3 Å². The smallest absolute Gasteiger partial charge is 0.260 e. The van der Waals surface area contributed by atoms with Crippen LogP contribution in [0.2, 0.25) is 0 Å². The van der Waals surface area contributed by atoms with Gasteiger partial charge in [-0.05, 0) is 18.4 Å². The first-order chi connectivity index (χ1) is 10.2. The Hall–Kier alpha value is -2.04. The molecule has 0 saturated carbocycles. The highest BCUT2D eigenvalue weighted by Gasteiger charge is 2.01. The molecule has 1 aromatic rings. The number of carbonyl (C=O) groups excluding carboxylic acids is 1. The van der Waals surface area contributed by atoms with Gasteiger partial charge in [0.2, 0.25) is 0 Å². The quantitative estimate of drug-likeness (QED) is 0.300. The third-order valence-corrected chi connectivity index (χ3v) is 2.99. The monoisotopic (exact) mass is 291 g/mol. The molecule has 1 rings (SSSR count). The molecule has 21 heavy (non-hydrogen) atoms. The van der Waals surface area contributed by atoms with Gasteiger partial charge < -0.3 is 15.9 Å². The molecule has 0 fully saturated rings. The van der Waals surface area contributed by atoms with Gasteiger partial charge in [-0.25, -0.2) is 0 Å². The van der Waals surface area contributed by atoms with Crippen LogP contribution >= 0.6 is 0 Å². The van der Waals surface area contributed by atoms with Crippen LogP contribution in [-0.4, -0.2) is 24.9 Å². The van der Waals surface area contributed by atoms with Gasteiger partial charge in [0, 0.05) is 13.0 Å². The standard InChI is InChI=1S/C16H25N3O2/c1-2-3-7-12-18-16(20)13-21-19-15(17)11-10-14-8-5-4-6-9-14/h4-6,8-9H,2-3,7,10-13H2,1H3,(H2,17,19)(H,18,20). The number of rotatable bonds is 10. The number of nitrogens with zero attached hydrogens (tertiary/aromatic N) is 1. The third kappa shape index (κ3) is 8.68. The number of nitrogens with two attached hydrogens (primary N) is 1. The van der Waals surface area contributed by atoms with Crippen molar-refractivity contribution in [3.63, 3.8) is 0 Å². The van der Waals surface area contributed by atoms with Gasteiger partial charge in [-0.1, -0.05) is 55.3 Å². The summed E-state index contributed by atoms with van der Waals surface area (Å²) in [5.41, 5.74) is 6.94. The maximum atomic E-state index is 11.4. The number of amidine groups is 1. The van der Waals surface area contributed by atoms with Crippen LogP contribution in [0.1, 0.15) is 38.2 Å². The minimum atomic E-state index is -0.161. The molecular formula is C16H25N3O2. The molecule has 0 bridgehead atoms. The van der Waals surface area contributed by atoms with Crippen molar-refractivity contribution in [3.05, 3.63) is 35.9 Å². The van der Waals surface area contributed by atoms with E-state index in [1.165, 1.54) is 5.56 Å². The van der Waals surface area contributed by atoms with E-state index in [0.717, 1.165) is 25.7 Å². The van der Waals surface area contributed by atoms with Crippen LogP contribution in [0.5, 0.6) is 0 Å². The summed E-state index contributed by atoms with van der Waals surface area (Å²) in [6.07, 6.45) is 4.66. The molecule has 0 atom stereocenters. The maximum Gasteiger partial charge on any atom is 0.260 e. The Morgan fingerprint density at radius 3 is 2.76 bits per heavy atom. The number of benzene rings is 1. The van der Waals surface area contributed by atoms with Gasteiger partial charge in [0.15, 0.2) is 6.61 Å². The molecule has 5 nitrogen and oxygen atoms in total. The van der Waals surface area contributed by atoms with Gasteiger partial charge in [-0.15, -0.1) is 0 Å². The lowest BCUT2D eigenvalue weighted by Gasteiger charge is -2.04. The van der Waals surface area contributed by atoms with Crippen molar-refractivity contribution >= 4 is 11.7 Å². The Bertz CT molecular complexity index is 432. The average molecular weight is 291 g/mol. The predicted octanol–water partition coefficient (Wildman–Crippen LogP) is 2.21. The second kappa shape index (κ2) is 10.7. The van der Waals surface area contributed by atoms with Gasteiger partial charge in [-0.2, -0.15) is 0 Å². The Balaban J connectivity index is 2.13. The second-order valence-corrected chi connectivity index (χ2v) is 4.90. The van der Waals surface area contributed by atoms with E-state index < -0.39 is 0 Å².